The third-order valence-corrected chi connectivity index (χ3v) is 3.60. The van der Waals surface area contributed by atoms with E-state index < -0.39 is 0 Å². The number of nitrogens with two attached hydrogens (primary N) is 1. The minimum absolute atomic E-state index is 0.673. The molecule has 2 aromatic rings. The molecule has 3 heterocycles. The predicted octanol–water partition coefficient (Wildman–Crippen LogP) is 1.57. The van der Waals surface area contributed by atoms with Crippen LogP contribution in [0.4, 0.5) is 5.82 Å². The molecule has 0 atom stereocenters. The lowest BCUT2D eigenvalue weighted by Gasteiger charge is -2.08. The second-order valence-electron chi connectivity index (χ2n) is 3.70. The molecule has 2 aromatic heterocycles. The van der Waals surface area contributed by atoms with E-state index in [1.165, 1.54) is 0 Å². The number of rotatable bonds is 2. The summed E-state index contributed by atoms with van der Waals surface area (Å²) in [5.74, 6) is 8.73. The molecule has 3 N–H and O–H groups in total. The molecule has 0 spiro atoms. The second-order valence-corrected chi connectivity index (χ2v) is 4.69. The fourth-order valence-corrected chi connectivity index (χ4v) is 2.84. The van der Waals surface area contributed by atoms with E-state index >= 15 is 0 Å². The van der Waals surface area contributed by atoms with Crippen LogP contribution in [-0.4, -0.2) is 15.0 Å². The van der Waals surface area contributed by atoms with Crippen LogP contribution in [0.3, 0.4) is 0 Å². The first-order valence-electron chi connectivity index (χ1n) is 5.23. The number of hydrogen-bond donors (Lipinski definition) is 2. The first-order chi connectivity index (χ1) is 8.38. The Labute approximate surface area is 103 Å². The Balaban J connectivity index is 2.13. The average Bonchev–Trinajstić information content (AvgIpc) is 2.86. The Morgan fingerprint density at radius 3 is 3.00 bits per heavy atom. The molecule has 0 aromatic carbocycles. The van der Waals surface area contributed by atoms with Crippen LogP contribution in [0, 0.1) is 0 Å². The van der Waals surface area contributed by atoms with Crippen molar-refractivity contribution in [1.29, 1.82) is 0 Å². The maximum absolute atomic E-state index is 5.50. The van der Waals surface area contributed by atoms with Crippen molar-refractivity contribution >= 4 is 17.6 Å². The quantitative estimate of drug-likeness (QED) is 0.618. The van der Waals surface area contributed by atoms with E-state index in [0.717, 1.165) is 34.1 Å². The average molecular weight is 245 g/mol. The molecule has 3 rings (SSSR count). The van der Waals surface area contributed by atoms with Gasteiger partial charge in [0.15, 0.2) is 5.82 Å². The standard InChI is InChI=1S/C11H11N5S/c12-16-11-8-5-17-6-9(8)14-10(15-11)7-2-1-3-13-4-7/h1-4H,5-6,12H2,(H,14,15,16). The fraction of sp³-hybridized carbons (Fsp3) is 0.182. The van der Waals surface area contributed by atoms with Gasteiger partial charge in [-0.2, -0.15) is 11.8 Å². The summed E-state index contributed by atoms with van der Waals surface area (Å²) in [7, 11) is 0. The molecule has 1 aliphatic heterocycles. The molecule has 0 unspecified atom stereocenters. The van der Waals surface area contributed by atoms with Crippen molar-refractivity contribution in [3.63, 3.8) is 0 Å². The number of nitrogens with one attached hydrogen (secondary N) is 1. The van der Waals surface area contributed by atoms with E-state index in [9.17, 15) is 0 Å². The van der Waals surface area contributed by atoms with Crippen LogP contribution in [0.15, 0.2) is 24.5 Å². The molecule has 17 heavy (non-hydrogen) atoms. The van der Waals surface area contributed by atoms with Gasteiger partial charge in [0.05, 0.1) is 5.69 Å². The number of anilines is 1. The summed E-state index contributed by atoms with van der Waals surface area (Å²) in [6, 6.07) is 3.81. The lowest BCUT2D eigenvalue weighted by Crippen LogP contribution is -2.12. The molecule has 0 radical (unpaired) electrons. The summed E-state index contributed by atoms with van der Waals surface area (Å²) in [5.41, 5.74) is 5.74. The lowest BCUT2D eigenvalue weighted by atomic mass is 10.2. The molecule has 1 aliphatic rings. The number of fused-ring (bicyclic) bond motifs is 1. The maximum Gasteiger partial charge on any atom is 0.163 e. The van der Waals surface area contributed by atoms with E-state index in [0.29, 0.717) is 5.82 Å². The zero-order valence-corrected chi connectivity index (χ0v) is 9.87. The molecule has 86 valence electrons. The van der Waals surface area contributed by atoms with Crippen LogP contribution < -0.4 is 11.3 Å². The van der Waals surface area contributed by atoms with E-state index in [1.807, 2.05) is 23.9 Å². The summed E-state index contributed by atoms with van der Waals surface area (Å²) < 4.78 is 0. The largest absolute Gasteiger partial charge is 0.308 e. The molecule has 6 heteroatoms. The topological polar surface area (TPSA) is 76.7 Å². The van der Waals surface area contributed by atoms with Gasteiger partial charge in [-0.1, -0.05) is 0 Å². The Bertz CT molecular complexity index is 543. The maximum atomic E-state index is 5.50. The van der Waals surface area contributed by atoms with Gasteiger partial charge in [-0.05, 0) is 12.1 Å². The molecular weight excluding hydrogens is 234 g/mol. The summed E-state index contributed by atoms with van der Waals surface area (Å²) >= 11 is 1.82. The highest BCUT2D eigenvalue weighted by molar-refractivity contribution is 7.98. The van der Waals surface area contributed by atoms with Gasteiger partial charge in [-0.25, -0.2) is 15.8 Å². The van der Waals surface area contributed by atoms with Crippen LogP contribution >= 0.6 is 11.8 Å². The summed E-state index contributed by atoms with van der Waals surface area (Å²) in [4.78, 5) is 13.1. The van der Waals surface area contributed by atoms with Gasteiger partial charge < -0.3 is 5.43 Å². The highest BCUT2D eigenvalue weighted by Crippen LogP contribution is 2.33. The molecule has 0 fully saturated rings. The van der Waals surface area contributed by atoms with Crippen molar-refractivity contribution < 1.29 is 0 Å². The van der Waals surface area contributed by atoms with Crippen molar-refractivity contribution in [2.45, 2.75) is 11.5 Å². The second kappa shape index (κ2) is 4.31. The third kappa shape index (κ3) is 1.85. The van der Waals surface area contributed by atoms with Gasteiger partial charge in [0.2, 0.25) is 0 Å². The minimum atomic E-state index is 0.673. The Kier molecular flexibility index (Phi) is 2.66. The number of nitrogen functional groups attached to an aromatic ring is 1. The van der Waals surface area contributed by atoms with E-state index in [4.69, 9.17) is 5.84 Å². The predicted molar refractivity (Wildman–Crippen MR) is 68.1 cm³/mol. The monoisotopic (exact) mass is 245 g/mol. The molecule has 0 amide bonds. The first-order valence-corrected chi connectivity index (χ1v) is 6.38. The van der Waals surface area contributed by atoms with Gasteiger partial charge in [-0.15, -0.1) is 0 Å². The number of aromatic nitrogens is 3. The molecule has 0 aliphatic carbocycles. The van der Waals surface area contributed by atoms with Gasteiger partial charge in [0, 0.05) is 35.0 Å². The van der Waals surface area contributed by atoms with Crippen LogP contribution in [0.1, 0.15) is 11.3 Å². The number of pyridine rings is 1. The molecule has 5 nitrogen and oxygen atoms in total. The van der Waals surface area contributed by atoms with Crippen molar-refractivity contribution in [2.24, 2.45) is 5.84 Å². The third-order valence-electron chi connectivity index (χ3n) is 2.63. The summed E-state index contributed by atoms with van der Waals surface area (Å²) in [6.45, 7) is 0. The normalized spacial score (nSPS) is 13.5. The first kappa shape index (κ1) is 10.5. The van der Waals surface area contributed by atoms with Crippen molar-refractivity contribution in [3.05, 3.63) is 35.8 Å². The summed E-state index contributed by atoms with van der Waals surface area (Å²) in [6.07, 6.45) is 3.49. The lowest BCUT2D eigenvalue weighted by molar-refractivity contribution is 1.06. The smallest absolute Gasteiger partial charge is 0.163 e. The SMILES string of the molecule is NNc1nc(-c2cccnc2)nc2c1CSC2. The fourth-order valence-electron chi connectivity index (χ4n) is 1.79. The number of hydrogen-bond acceptors (Lipinski definition) is 6. The number of nitrogens with zero attached hydrogens (tertiary/aromatic N) is 3. The number of thioether (sulfide) groups is 1. The van der Waals surface area contributed by atoms with Crippen LogP contribution in [0.5, 0.6) is 0 Å². The van der Waals surface area contributed by atoms with E-state index in [1.54, 1.807) is 12.4 Å². The van der Waals surface area contributed by atoms with Gasteiger partial charge in [0.1, 0.15) is 5.82 Å². The number of hydrazine groups is 1. The Hall–Kier alpha value is -1.66. The van der Waals surface area contributed by atoms with Crippen molar-refractivity contribution in [2.75, 3.05) is 5.43 Å². The van der Waals surface area contributed by atoms with Gasteiger partial charge in [-0.3, -0.25) is 4.98 Å². The van der Waals surface area contributed by atoms with Gasteiger partial charge in [0.25, 0.3) is 0 Å². The van der Waals surface area contributed by atoms with Crippen molar-refractivity contribution in [3.8, 4) is 11.4 Å². The highest BCUT2D eigenvalue weighted by atomic mass is 32.2. The molecule has 0 saturated heterocycles. The zero-order chi connectivity index (χ0) is 11.7. The van der Waals surface area contributed by atoms with Crippen LogP contribution in [-0.2, 0) is 11.5 Å². The molecule has 0 bridgehead atoms. The van der Waals surface area contributed by atoms with E-state index in [2.05, 4.69) is 20.4 Å². The van der Waals surface area contributed by atoms with Crippen LogP contribution in [0.25, 0.3) is 11.4 Å². The van der Waals surface area contributed by atoms with E-state index in [-0.39, 0.29) is 0 Å². The Morgan fingerprint density at radius 2 is 2.24 bits per heavy atom. The Morgan fingerprint density at radius 1 is 1.29 bits per heavy atom. The highest BCUT2D eigenvalue weighted by Gasteiger charge is 2.19. The zero-order valence-electron chi connectivity index (χ0n) is 9.05. The van der Waals surface area contributed by atoms with Crippen molar-refractivity contribution in [1.82, 2.24) is 15.0 Å². The molecular formula is C11H11N5S. The van der Waals surface area contributed by atoms with Crippen LogP contribution in [0.2, 0.25) is 0 Å². The molecule has 0 saturated carbocycles. The summed E-state index contributed by atoms with van der Waals surface area (Å²) in [5, 5.41) is 0. The van der Waals surface area contributed by atoms with Gasteiger partial charge >= 0.3 is 0 Å². The minimum Gasteiger partial charge on any atom is -0.308 e.